The van der Waals surface area contributed by atoms with Crippen LogP contribution in [0, 0.1) is 5.92 Å². The lowest BCUT2D eigenvalue weighted by Gasteiger charge is -2.18. The monoisotopic (exact) mass is 314 g/mol. The molecule has 2 N–H and O–H groups in total. The predicted octanol–water partition coefficient (Wildman–Crippen LogP) is 3.62. The highest BCUT2D eigenvalue weighted by atomic mass is 79.9. The predicted molar refractivity (Wildman–Crippen MR) is 77.1 cm³/mol. The summed E-state index contributed by atoms with van der Waals surface area (Å²) in [5, 5.41) is 5.66. The fraction of sp³-hybridized carbons (Fsp3) is 0.462. The first-order valence-electron chi connectivity index (χ1n) is 5.85. The third-order valence-corrected chi connectivity index (χ3v) is 3.39. The minimum Gasteiger partial charge on any atom is -0.496 e. The zero-order valence-corrected chi connectivity index (χ0v) is 12.7. The maximum absolute atomic E-state index is 11.7. The molecule has 0 radical (unpaired) electrons. The zero-order chi connectivity index (χ0) is 13.7. The van der Waals surface area contributed by atoms with Gasteiger partial charge in [-0.25, -0.2) is 4.79 Å². The number of methoxy groups -OCH3 is 1. The Morgan fingerprint density at radius 2 is 2.00 bits per heavy atom. The van der Waals surface area contributed by atoms with E-state index in [2.05, 4.69) is 40.4 Å². The molecule has 1 aromatic carbocycles. The van der Waals surface area contributed by atoms with Crippen molar-refractivity contribution in [1.29, 1.82) is 0 Å². The van der Waals surface area contributed by atoms with Gasteiger partial charge in [0.25, 0.3) is 0 Å². The Morgan fingerprint density at radius 3 is 2.50 bits per heavy atom. The lowest BCUT2D eigenvalue weighted by molar-refractivity contribution is 0.246. The molecule has 2 amide bonds. The number of benzene rings is 1. The van der Waals surface area contributed by atoms with Gasteiger partial charge in [0.1, 0.15) is 5.75 Å². The molecule has 0 fully saturated rings. The molecule has 0 aromatic heterocycles. The summed E-state index contributed by atoms with van der Waals surface area (Å²) in [6.45, 7) is 6.11. The summed E-state index contributed by atoms with van der Waals surface area (Å²) in [5.41, 5.74) is 0.719. The molecule has 0 bridgehead atoms. The van der Waals surface area contributed by atoms with Crippen molar-refractivity contribution in [3.05, 3.63) is 22.7 Å². The second-order valence-electron chi connectivity index (χ2n) is 4.48. The van der Waals surface area contributed by atoms with E-state index in [0.717, 1.165) is 15.9 Å². The quantitative estimate of drug-likeness (QED) is 0.891. The Labute approximate surface area is 116 Å². The third-order valence-electron chi connectivity index (χ3n) is 2.77. The van der Waals surface area contributed by atoms with E-state index in [1.54, 1.807) is 25.3 Å². The normalized spacial score (nSPS) is 12.1. The van der Waals surface area contributed by atoms with Crippen LogP contribution in [0.4, 0.5) is 10.5 Å². The number of carbonyl (C=O) groups excluding carboxylic acids is 1. The highest BCUT2D eigenvalue weighted by molar-refractivity contribution is 9.10. The van der Waals surface area contributed by atoms with Gasteiger partial charge in [0, 0.05) is 11.7 Å². The van der Waals surface area contributed by atoms with Crippen LogP contribution < -0.4 is 15.4 Å². The molecule has 5 heteroatoms. The Hall–Kier alpha value is -1.23. The van der Waals surface area contributed by atoms with E-state index in [1.165, 1.54) is 0 Å². The fourth-order valence-corrected chi connectivity index (χ4v) is 1.83. The minimum atomic E-state index is -0.201. The van der Waals surface area contributed by atoms with Gasteiger partial charge in [-0.15, -0.1) is 0 Å². The summed E-state index contributed by atoms with van der Waals surface area (Å²) in [5.74, 6) is 1.13. The molecule has 4 nitrogen and oxygen atoms in total. The van der Waals surface area contributed by atoms with E-state index < -0.39 is 0 Å². The molecule has 0 saturated heterocycles. The molecule has 0 heterocycles. The third kappa shape index (κ3) is 4.22. The molecule has 0 spiro atoms. The Bertz CT molecular complexity index is 421. The van der Waals surface area contributed by atoms with Crippen LogP contribution in [0.5, 0.6) is 5.75 Å². The average Bonchev–Trinajstić information content (AvgIpc) is 2.28. The Morgan fingerprint density at radius 1 is 1.33 bits per heavy atom. The van der Waals surface area contributed by atoms with Crippen LogP contribution in [0.25, 0.3) is 0 Å². The summed E-state index contributed by atoms with van der Waals surface area (Å²) in [4.78, 5) is 11.7. The van der Waals surface area contributed by atoms with Crippen molar-refractivity contribution in [1.82, 2.24) is 5.32 Å². The van der Waals surface area contributed by atoms with Crippen LogP contribution in [-0.2, 0) is 0 Å². The van der Waals surface area contributed by atoms with Crippen molar-refractivity contribution >= 4 is 27.6 Å². The molecule has 0 aliphatic carbocycles. The number of carbonyl (C=O) groups is 1. The summed E-state index contributed by atoms with van der Waals surface area (Å²) in [7, 11) is 1.60. The number of ether oxygens (including phenoxy) is 1. The summed E-state index contributed by atoms with van der Waals surface area (Å²) >= 11 is 3.37. The minimum absolute atomic E-state index is 0.131. The SMILES string of the molecule is COc1ccc(NC(=O)NC(C)C(C)C)cc1Br. The largest absolute Gasteiger partial charge is 0.496 e. The standard InChI is InChI=1S/C13H19BrN2O2/c1-8(2)9(3)15-13(17)16-10-5-6-12(18-4)11(14)7-10/h5-9H,1-4H3,(H2,15,16,17). The van der Waals surface area contributed by atoms with E-state index >= 15 is 0 Å². The first-order valence-corrected chi connectivity index (χ1v) is 6.64. The molecule has 0 aliphatic rings. The number of hydrogen-bond acceptors (Lipinski definition) is 2. The van der Waals surface area contributed by atoms with E-state index in [1.807, 2.05) is 6.92 Å². The zero-order valence-electron chi connectivity index (χ0n) is 11.1. The number of nitrogens with one attached hydrogen (secondary N) is 2. The lowest BCUT2D eigenvalue weighted by Crippen LogP contribution is -2.38. The van der Waals surface area contributed by atoms with Gasteiger partial charge in [-0.1, -0.05) is 13.8 Å². The molecule has 0 saturated carbocycles. The van der Waals surface area contributed by atoms with Gasteiger partial charge in [-0.05, 0) is 47.0 Å². The van der Waals surface area contributed by atoms with Crippen molar-refractivity contribution < 1.29 is 9.53 Å². The number of anilines is 1. The van der Waals surface area contributed by atoms with Crippen LogP contribution >= 0.6 is 15.9 Å². The summed E-state index contributed by atoms with van der Waals surface area (Å²) in [6.07, 6.45) is 0. The van der Waals surface area contributed by atoms with Crippen LogP contribution in [-0.4, -0.2) is 19.2 Å². The molecule has 1 aromatic rings. The summed E-state index contributed by atoms with van der Waals surface area (Å²) < 4.78 is 5.93. The first-order chi connectivity index (χ1) is 8.43. The molecule has 1 atom stereocenters. The summed E-state index contributed by atoms with van der Waals surface area (Å²) in [6, 6.07) is 5.33. The number of hydrogen-bond donors (Lipinski definition) is 2. The molecule has 1 rings (SSSR count). The Balaban J connectivity index is 2.62. The topological polar surface area (TPSA) is 50.4 Å². The van der Waals surface area contributed by atoms with Crippen LogP contribution in [0.1, 0.15) is 20.8 Å². The maximum Gasteiger partial charge on any atom is 0.319 e. The van der Waals surface area contributed by atoms with Crippen molar-refractivity contribution in [2.75, 3.05) is 12.4 Å². The molecule has 0 aliphatic heterocycles. The van der Waals surface area contributed by atoms with Gasteiger partial charge in [-0.3, -0.25) is 0 Å². The van der Waals surface area contributed by atoms with E-state index in [0.29, 0.717) is 5.92 Å². The highest BCUT2D eigenvalue weighted by Crippen LogP contribution is 2.27. The van der Waals surface area contributed by atoms with Crippen LogP contribution in [0.15, 0.2) is 22.7 Å². The second-order valence-corrected chi connectivity index (χ2v) is 5.33. The van der Waals surface area contributed by atoms with E-state index in [-0.39, 0.29) is 12.1 Å². The van der Waals surface area contributed by atoms with Crippen LogP contribution in [0.3, 0.4) is 0 Å². The molecule has 18 heavy (non-hydrogen) atoms. The number of amides is 2. The number of halogens is 1. The van der Waals surface area contributed by atoms with Crippen molar-refractivity contribution in [2.24, 2.45) is 5.92 Å². The van der Waals surface area contributed by atoms with Gasteiger partial charge >= 0.3 is 6.03 Å². The molecular weight excluding hydrogens is 296 g/mol. The van der Waals surface area contributed by atoms with Crippen molar-refractivity contribution in [3.8, 4) is 5.75 Å². The average molecular weight is 315 g/mol. The van der Waals surface area contributed by atoms with Gasteiger partial charge in [0.05, 0.1) is 11.6 Å². The lowest BCUT2D eigenvalue weighted by atomic mass is 10.1. The van der Waals surface area contributed by atoms with Crippen LogP contribution in [0.2, 0.25) is 0 Å². The van der Waals surface area contributed by atoms with Crippen molar-refractivity contribution in [2.45, 2.75) is 26.8 Å². The fourth-order valence-electron chi connectivity index (χ4n) is 1.28. The van der Waals surface area contributed by atoms with E-state index in [4.69, 9.17) is 4.74 Å². The van der Waals surface area contributed by atoms with Crippen molar-refractivity contribution in [3.63, 3.8) is 0 Å². The maximum atomic E-state index is 11.7. The van der Waals surface area contributed by atoms with Gasteiger partial charge in [0.2, 0.25) is 0 Å². The van der Waals surface area contributed by atoms with Gasteiger partial charge in [-0.2, -0.15) is 0 Å². The van der Waals surface area contributed by atoms with Gasteiger partial charge < -0.3 is 15.4 Å². The van der Waals surface area contributed by atoms with E-state index in [9.17, 15) is 4.79 Å². The smallest absolute Gasteiger partial charge is 0.319 e. The Kier molecular flexibility index (Phi) is 5.47. The first kappa shape index (κ1) is 14.8. The molecule has 100 valence electrons. The highest BCUT2D eigenvalue weighted by Gasteiger charge is 2.11. The number of rotatable bonds is 4. The second kappa shape index (κ2) is 6.64. The molecular formula is C13H19BrN2O2. The molecule has 1 unspecified atom stereocenters. The number of urea groups is 1. The van der Waals surface area contributed by atoms with Gasteiger partial charge in [0.15, 0.2) is 0 Å².